The summed E-state index contributed by atoms with van der Waals surface area (Å²) >= 11 is 0. The molecule has 218 valence electrons. The maximum Gasteiger partial charge on any atom is 0.131 e. The van der Waals surface area contributed by atoms with Gasteiger partial charge in [0.25, 0.3) is 0 Å². The third-order valence-corrected chi connectivity index (χ3v) is 10.3. The molecule has 0 N–H and O–H groups in total. The minimum atomic E-state index is -0.397. The minimum Gasteiger partial charge on any atom is -0.457 e. The van der Waals surface area contributed by atoms with Crippen LogP contribution in [-0.4, -0.2) is 0 Å². The van der Waals surface area contributed by atoms with Gasteiger partial charge in [0.15, 0.2) is 0 Å². The zero-order chi connectivity index (χ0) is 30.7. The van der Waals surface area contributed by atoms with Crippen LogP contribution in [0.25, 0.3) is 22.3 Å². The monoisotopic (exact) mass is 588 g/mol. The number of fused-ring (bicyclic) bond motifs is 5. The van der Waals surface area contributed by atoms with Gasteiger partial charge in [0, 0.05) is 16.5 Å². The number of hydrogen-bond acceptors (Lipinski definition) is 1. The van der Waals surface area contributed by atoms with Crippen LogP contribution < -0.4 is 4.74 Å². The highest BCUT2D eigenvalue weighted by Gasteiger charge is 2.46. The van der Waals surface area contributed by atoms with Gasteiger partial charge in [0.2, 0.25) is 0 Å². The summed E-state index contributed by atoms with van der Waals surface area (Å²) in [4.78, 5) is 0. The smallest absolute Gasteiger partial charge is 0.131 e. The van der Waals surface area contributed by atoms with E-state index < -0.39 is 5.41 Å². The van der Waals surface area contributed by atoms with Gasteiger partial charge in [-0.05, 0) is 75.2 Å². The molecule has 1 aliphatic heterocycles. The lowest BCUT2D eigenvalue weighted by Gasteiger charge is -2.38. The molecule has 2 aliphatic rings. The van der Waals surface area contributed by atoms with Gasteiger partial charge in [-0.3, -0.25) is 0 Å². The molecule has 1 atom stereocenters. The lowest BCUT2D eigenvalue weighted by molar-refractivity contribution is 0.427. The van der Waals surface area contributed by atoms with Crippen LogP contribution in [0, 0.1) is 0 Å². The first kappa shape index (κ1) is 26.7. The van der Waals surface area contributed by atoms with Crippen molar-refractivity contribution in [2.75, 3.05) is 0 Å². The summed E-state index contributed by atoms with van der Waals surface area (Å²) < 4.78 is 6.50. The van der Waals surface area contributed by atoms with Crippen LogP contribution in [0.4, 0.5) is 0 Å². The fraction of sp³-hybridized carbons (Fsp3) is 0.0667. The van der Waals surface area contributed by atoms with Crippen molar-refractivity contribution in [1.29, 1.82) is 0 Å². The van der Waals surface area contributed by atoms with Crippen molar-refractivity contribution >= 4 is 0 Å². The molecule has 0 radical (unpaired) electrons. The molecule has 0 spiro atoms. The van der Waals surface area contributed by atoms with Crippen LogP contribution in [0.5, 0.6) is 11.5 Å². The van der Waals surface area contributed by atoms with Crippen molar-refractivity contribution in [3.63, 3.8) is 0 Å². The maximum absolute atomic E-state index is 6.50. The predicted octanol–water partition coefficient (Wildman–Crippen LogP) is 11.2. The Morgan fingerprint density at radius 1 is 0.370 bits per heavy atom. The first-order valence-corrected chi connectivity index (χ1v) is 16.0. The first-order chi connectivity index (χ1) is 22.7. The molecule has 46 heavy (non-hydrogen) atoms. The van der Waals surface area contributed by atoms with Crippen molar-refractivity contribution in [3.05, 3.63) is 215 Å². The van der Waals surface area contributed by atoms with Crippen LogP contribution in [-0.2, 0) is 10.8 Å². The molecule has 1 heterocycles. The van der Waals surface area contributed by atoms with Crippen LogP contribution in [0.2, 0.25) is 0 Å². The third kappa shape index (κ3) is 3.69. The van der Waals surface area contributed by atoms with Crippen LogP contribution in [0.15, 0.2) is 176 Å². The second-order valence-electron chi connectivity index (χ2n) is 12.6. The average molecular weight is 589 g/mol. The number of hydrogen-bond donors (Lipinski definition) is 0. The molecule has 0 saturated carbocycles. The minimum absolute atomic E-state index is 0.351. The molecule has 1 unspecified atom stereocenters. The number of para-hydroxylation sites is 1. The SMILES string of the molecule is CC1(c2ccccc2)c2ccccc2Oc2ccc(-c3ccc(C4(c5ccccc5)c5ccccc5-c5ccccc54)cc3)cc21. The van der Waals surface area contributed by atoms with Crippen LogP contribution >= 0.6 is 0 Å². The Balaban J connectivity index is 1.20. The van der Waals surface area contributed by atoms with Gasteiger partial charge >= 0.3 is 0 Å². The quantitative estimate of drug-likeness (QED) is 0.199. The van der Waals surface area contributed by atoms with Crippen molar-refractivity contribution < 1.29 is 4.74 Å². The van der Waals surface area contributed by atoms with E-state index in [2.05, 4.69) is 183 Å². The molecule has 1 nitrogen and oxygen atoms in total. The Bertz CT molecular complexity index is 2190. The number of ether oxygens (including phenoxy) is 1. The summed E-state index contributed by atoms with van der Waals surface area (Å²) in [5.41, 5.74) is 13.1. The highest BCUT2D eigenvalue weighted by atomic mass is 16.5. The Kier molecular flexibility index (Phi) is 5.92. The van der Waals surface area contributed by atoms with Crippen molar-refractivity contribution in [1.82, 2.24) is 0 Å². The number of benzene rings is 7. The Hall–Kier alpha value is -5.66. The molecule has 0 fully saturated rings. The molecule has 0 aromatic heterocycles. The summed E-state index contributed by atoms with van der Waals surface area (Å²) in [6, 6.07) is 64.0. The van der Waals surface area contributed by atoms with E-state index in [1.807, 2.05) is 0 Å². The molecular formula is C45H32O. The zero-order valence-electron chi connectivity index (χ0n) is 25.7. The first-order valence-electron chi connectivity index (χ1n) is 16.0. The molecule has 7 aromatic carbocycles. The van der Waals surface area contributed by atoms with Gasteiger partial charge < -0.3 is 4.74 Å². The van der Waals surface area contributed by atoms with Crippen LogP contribution in [0.3, 0.4) is 0 Å². The lowest BCUT2D eigenvalue weighted by atomic mass is 9.67. The molecule has 1 heteroatoms. The summed E-state index contributed by atoms with van der Waals surface area (Å²) in [6.45, 7) is 2.33. The van der Waals surface area contributed by atoms with Crippen molar-refractivity contribution in [2.24, 2.45) is 0 Å². The van der Waals surface area contributed by atoms with E-state index in [9.17, 15) is 0 Å². The maximum atomic E-state index is 6.50. The summed E-state index contributed by atoms with van der Waals surface area (Å²) in [7, 11) is 0. The largest absolute Gasteiger partial charge is 0.457 e. The summed E-state index contributed by atoms with van der Waals surface area (Å²) in [5.74, 6) is 1.83. The normalized spacial score (nSPS) is 16.8. The Morgan fingerprint density at radius 2 is 0.848 bits per heavy atom. The third-order valence-electron chi connectivity index (χ3n) is 10.3. The molecule has 0 saturated heterocycles. The topological polar surface area (TPSA) is 9.23 Å². The van der Waals surface area contributed by atoms with E-state index in [-0.39, 0.29) is 5.41 Å². The lowest BCUT2D eigenvalue weighted by Crippen LogP contribution is -2.29. The predicted molar refractivity (Wildman–Crippen MR) is 188 cm³/mol. The van der Waals surface area contributed by atoms with E-state index in [1.54, 1.807) is 0 Å². The van der Waals surface area contributed by atoms with Crippen molar-refractivity contribution in [3.8, 4) is 33.8 Å². The summed E-state index contributed by atoms with van der Waals surface area (Å²) in [6.07, 6.45) is 0. The van der Waals surface area contributed by atoms with Gasteiger partial charge in [0.1, 0.15) is 11.5 Å². The molecule has 9 rings (SSSR count). The van der Waals surface area contributed by atoms with Gasteiger partial charge in [-0.1, -0.05) is 158 Å². The standard InChI is InChI=1S/C45H32O/c1-44(33-14-4-2-5-15-33)40-22-12-13-23-42(40)46-43-29-26-32(30-41(43)44)31-24-27-35(28-25-31)45(34-16-6-3-7-17-34)38-20-10-8-18-36(38)37-19-9-11-21-39(37)45/h2-30H,1H3. The Labute approximate surface area is 270 Å². The zero-order valence-corrected chi connectivity index (χ0v) is 25.7. The fourth-order valence-electron chi connectivity index (χ4n) is 8.13. The average Bonchev–Trinajstić information content (AvgIpc) is 3.44. The summed E-state index contributed by atoms with van der Waals surface area (Å²) in [5, 5.41) is 0. The second-order valence-corrected chi connectivity index (χ2v) is 12.6. The second kappa shape index (κ2) is 10.2. The molecule has 7 aromatic rings. The number of rotatable bonds is 4. The van der Waals surface area contributed by atoms with Gasteiger partial charge in [-0.25, -0.2) is 0 Å². The molecular weight excluding hydrogens is 556 g/mol. The van der Waals surface area contributed by atoms with Gasteiger partial charge in [0.05, 0.1) is 5.41 Å². The van der Waals surface area contributed by atoms with Gasteiger partial charge in [-0.2, -0.15) is 0 Å². The van der Waals surface area contributed by atoms with Crippen molar-refractivity contribution in [2.45, 2.75) is 17.8 Å². The van der Waals surface area contributed by atoms with Crippen LogP contribution in [0.1, 0.15) is 45.9 Å². The highest BCUT2D eigenvalue weighted by molar-refractivity contribution is 5.86. The van der Waals surface area contributed by atoms with E-state index in [0.717, 1.165) is 11.5 Å². The molecule has 1 aliphatic carbocycles. The fourth-order valence-corrected chi connectivity index (χ4v) is 8.13. The van der Waals surface area contributed by atoms with E-state index in [1.165, 1.54) is 61.2 Å². The Morgan fingerprint density at radius 3 is 1.50 bits per heavy atom. The van der Waals surface area contributed by atoms with E-state index >= 15 is 0 Å². The van der Waals surface area contributed by atoms with E-state index in [4.69, 9.17) is 4.74 Å². The highest BCUT2D eigenvalue weighted by Crippen LogP contribution is 2.56. The van der Waals surface area contributed by atoms with E-state index in [0.29, 0.717) is 0 Å². The van der Waals surface area contributed by atoms with Gasteiger partial charge in [-0.15, -0.1) is 0 Å². The molecule has 0 bridgehead atoms. The molecule has 0 amide bonds.